The molecule has 0 aliphatic carbocycles. The minimum atomic E-state index is -4.14. The number of ketones is 2. The van der Waals surface area contributed by atoms with Gasteiger partial charge in [-0.2, -0.15) is 0 Å². The Balaban J connectivity index is 4.81. The van der Waals surface area contributed by atoms with Gasteiger partial charge in [0.25, 0.3) is 0 Å². The molecule has 0 fully saturated rings. The molecule has 0 aliphatic heterocycles. The monoisotopic (exact) mass is 660 g/mol. The Morgan fingerprint density at radius 2 is 0.744 bits per heavy atom. The standard InChI is InChI=1S/2C12H22O3.2C4H9.Sn/c2*1-2-3-4-5-6-7-8-9-11(13)10-12(14)15;2*1-3-4-2;/h2*2-10H2,1H3,(H,14,15);2*1,3-4H2,2H3;/q;;;;+2/p-2. The predicted molar refractivity (Wildman–Crippen MR) is 162 cm³/mol. The van der Waals surface area contributed by atoms with Crippen LogP contribution in [0, 0.1) is 0 Å². The van der Waals surface area contributed by atoms with Crippen LogP contribution in [0.5, 0.6) is 0 Å². The zero-order valence-corrected chi connectivity index (χ0v) is 28.8. The van der Waals surface area contributed by atoms with E-state index < -0.39 is 31.1 Å². The number of hydrogen-bond acceptors (Lipinski definition) is 6. The zero-order valence-electron chi connectivity index (χ0n) is 25.9. The molecule has 228 valence electrons. The van der Waals surface area contributed by atoms with Gasteiger partial charge in [0.1, 0.15) is 0 Å². The molecule has 6 nitrogen and oxygen atoms in total. The molecular weight excluding hydrogens is 599 g/mol. The van der Waals surface area contributed by atoms with Gasteiger partial charge in [0.05, 0.1) is 0 Å². The number of rotatable bonds is 28. The average molecular weight is 660 g/mol. The maximum atomic E-state index is 12.8. The third-order valence-electron chi connectivity index (χ3n) is 7.22. The van der Waals surface area contributed by atoms with E-state index in [0.717, 1.165) is 64.2 Å². The molecule has 0 aromatic rings. The molecule has 0 saturated heterocycles. The van der Waals surface area contributed by atoms with Crippen molar-refractivity contribution in [2.45, 2.75) is 178 Å². The topological polar surface area (TPSA) is 86.7 Å². The maximum absolute atomic E-state index is 12.8. The van der Waals surface area contributed by atoms with Crippen LogP contribution >= 0.6 is 0 Å². The third kappa shape index (κ3) is 22.5. The number of carbonyl (C=O) groups excluding carboxylic acids is 4. The first-order valence-electron chi connectivity index (χ1n) is 16.3. The summed E-state index contributed by atoms with van der Waals surface area (Å²) in [4.78, 5) is 50.5. The molecule has 0 aromatic carbocycles. The minimum Gasteiger partial charge on any atom is -0.0654 e. The summed E-state index contributed by atoms with van der Waals surface area (Å²) < 4.78 is 13.1. The summed E-state index contributed by atoms with van der Waals surface area (Å²) in [5, 5.41) is 0. The van der Waals surface area contributed by atoms with Crippen LogP contribution in [0.15, 0.2) is 0 Å². The van der Waals surface area contributed by atoms with E-state index in [4.69, 9.17) is 6.15 Å². The third-order valence-corrected chi connectivity index (χ3v) is 17.0. The Kier molecular flexibility index (Phi) is 25.4. The van der Waals surface area contributed by atoms with Gasteiger partial charge in [-0.25, -0.2) is 0 Å². The number of unbranched alkanes of at least 4 members (excludes halogenated alkanes) is 14. The van der Waals surface area contributed by atoms with E-state index in [9.17, 15) is 19.2 Å². The summed E-state index contributed by atoms with van der Waals surface area (Å²) in [5.74, 6) is -1.30. The Morgan fingerprint density at radius 1 is 0.436 bits per heavy atom. The van der Waals surface area contributed by atoms with Gasteiger partial charge >= 0.3 is 232 Å². The summed E-state index contributed by atoms with van der Waals surface area (Å²) in [6, 6.07) is 0. The van der Waals surface area contributed by atoms with Gasteiger partial charge in [0.15, 0.2) is 0 Å². The van der Waals surface area contributed by atoms with Crippen molar-refractivity contribution in [1.29, 1.82) is 0 Å². The molecule has 0 aromatic heterocycles. The zero-order chi connectivity index (χ0) is 29.2. The van der Waals surface area contributed by atoms with E-state index in [1.54, 1.807) is 0 Å². The van der Waals surface area contributed by atoms with E-state index >= 15 is 0 Å². The van der Waals surface area contributed by atoms with Crippen molar-refractivity contribution in [2.24, 2.45) is 0 Å². The van der Waals surface area contributed by atoms with Crippen molar-refractivity contribution in [3.8, 4) is 0 Å². The summed E-state index contributed by atoms with van der Waals surface area (Å²) in [5.41, 5.74) is 0. The second-order valence-electron chi connectivity index (χ2n) is 11.2. The Morgan fingerprint density at radius 3 is 1.08 bits per heavy atom. The fraction of sp³-hybridized carbons (Fsp3) is 0.875. The van der Waals surface area contributed by atoms with Crippen molar-refractivity contribution < 1.29 is 25.3 Å². The number of Topliss-reactive ketones (excluding diaryl/α,β-unsaturated/α-hetero) is 2. The molecule has 0 heterocycles. The van der Waals surface area contributed by atoms with E-state index in [-0.39, 0.29) is 24.4 Å². The number of hydrogen-bond donors (Lipinski definition) is 0. The van der Waals surface area contributed by atoms with E-state index in [1.807, 2.05) is 0 Å². The molecule has 0 N–H and O–H groups in total. The summed E-state index contributed by atoms with van der Waals surface area (Å²) in [6.07, 6.45) is 19.4. The quantitative estimate of drug-likeness (QED) is 0.0473. The van der Waals surface area contributed by atoms with Crippen LogP contribution in [0.2, 0.25) is 8.87 Å². The molecule has 0 atom stereocenters. The number of carbonyl (C=O) groups is 4. The van der Waals surface area contributed by atoms with Crippen LogP contribution in [0.3, 0.4) is 0 Å². The summed E-state index contributed by atoms with van der Waals surface area (Å²) >= 11 is -4.14. The smallest absolute Gasteiger partial charge is 0.0654 e. The molecule has 0 saturated carbocycles. The van der Waals surface area contributed by atoms with Crippen LogP contribution < -0.4 is 0 Å². The first-order valence-corrected chi connectivity index (χ1v) is 22.7. The molecule has 0 bridgehead atoms. The van der Waals surface area contributed by atoms with Gasteiger partial charge in [-0.1, -0.05) is 13.8 Å². The van der Waals surface area contributed by atoms with Crippen molar-refractivity contribution in [3.63, 3.8) is 0 Å². The molecule has 0 unspecified atom stereocenters. The molecule has 0 aliphatic rings. The molecular formula is C32H60O6Sn. The van der Waals surface area contributed by atoms with Crippen LogP contribution in [0.25, 0.3) is 0 Å². The predicted octanol–water partition coefficient (Wildman–Crippen LogP) is 9.32. The van der Waals surface area contributed by atoms with Gasteiger partial charge in [-0.05, 0) is 0 Å². The SMILES string of the molecule is CCCCCCCCCC(=O)CC(=O)[O][Sn]([CH2]CCC)([CH2]CCC)[O]C(=O)CC(=O)CCCCCCCCC. The molecule has 0 amide bonds. The average Bonchev–Trinajstić information content (AvgIpc) is 2.89. The molecule has 0 rings (SSSR count). The van der Waals surface area contributed by atoms with Crippen molar-refractivity contribution in [2.75, 3.05) is 0 Å². The van der Waals surface area contributed by atoms with Crippen LogP contribution in [0.4, 0.5) is 0 Å². The fourth-order valence-electron chi connectivity index (χ4n) is 4.79. The molecule has 39 heavy (non-hydrogen) atoms. The Bertz CT molecular complexity index is 607. The second-order valence-corrected chi connectivity index (χ2v) is 20.5. The van der Waals surface area contributed by atoms with Gasteiger partial charge in [-0.3, -0.25) is 0 Å². The normalized spacial score (nSPS) is 11.4. The van der Waals surface area contributed by atoms with E-state index in [0.29, 0.717) is 21.7 Å². The Hall–Kier alpha value is -0.921. The van der Waals surface area contributed by atoms with Gasteiger partial charge in [0.2, 0.25) is 0 Å². The van der Waals surface area contributed by atoms with Crippen LogP contribution in [-0.2, 0) is 25.3 Å². The second kappa shape index (κ2) is 26.0. The fourth-order valence-corrected chi connectivity index (χ4v) is 14.7. The van der Waals surface area contributed by atoms with Gasteiger partial charge < -0.3 is 0 Å². The van der Waals surface area contributed by atoms with Gasteiger partial charge in [-0.15, -0.1) is 0 Å². The van der Waals surface area contributed by atoms with Crippen LogP contribution in [0.1, 0.15) is 169 Å². The minimum absolute atomic E-state index is 0.101. The first kappa shape index (κ1) is 38.1. The first-order chi connectivity index (χ1) is 18.8. The van der Waals surface area contributed by atoms with Crippen molar-refractivity contribution >= 4 is 42.7 Å². The summed E-state index contributed by atoms with van der Waals surface area (Å²) in [7, 11) is 0. The Labute approximate surface area is 245 Å². The van der Waals surface area contributed by atoms with E-state index in [2.05, 4.69) is 27.7 Å². The molecule has 0 spiro atoms. The van der Waals surface area contributed by atoms with E-state index in [1.165, 1.54) is 51.4 Å². The molecule has 7 heteroatoms. The van der Waals surface area contributed by atoms with Crippen LogP contribution in [-0.4, -0.2) is 42.7 Å². The van der Waals surface area contributed by atoms with Crippen molar-refractivity contribution in [1.82, 2.24) is 0 Å². The van der Waals surface area contributed by atoms with Crippen molar-refractivity contribution in [3.05, 3.63) is 0 Å². The van der Waals surface area contributed by atoms with Gasteiger partial charge in [0, 0.05) is 0 Å². The summed E-state index contributed by atoms with van der Waals surface area (Å²) in [6.45, 7) is 8.49. The molecule has 0 radical (unpaired) electrons.